The number of hydrogen-bond acceptors (Lipinski definition) is 6. The molecule has 4 rings (SSSR count). The van der Waals surface area contributed by atoms with Crippen LogP contribution in [0.4, 0.5) is 11.6 Å². The molecule has 0 bridgehead atoms. The normalized spacial score (nSPS) is 15.0. The van der Waals surface area contributed by atoms with Gasteiger partial charge in [-0.25, -0.2) is 9.97 Å². The number of rotatable bonds is 4. The Morgan fingerprint density at radius 3 is 2.65 bits per heavy atom. The Kier molecular flexibility index (Phi) is 3.71. The van der Waals surface area contributed by atoms with E-state index >= 15 is 0 Å². The lowest BCUT2D eigenvalue weighted by atomic mass is 10.1. The van der Waals surface area contributed by atoms with Gasteiger partial charge < -0.3 is 9.84 Å². The van der Waals surface area contributed by atoms with E-state index in [9.17, 15) is 0 Å². The molecule has 1 aliphatic carbocycles. The molecule has 6 heteroatoms. The van der Waals surface area contributed by atoms with Crippen LogP contribution < -0.4 is 5.32 Å². The topological polar surface area (TPSA) is 76.7 Å². The molecular formula is C17H17N5O. The molecule has 116 valence electrons. The van der Waals surface area contributed by atoms with E-state index in [4.69, 9.17) is 4.52 Å². The minimum Gasteiger partial charge on any atom is -0.330 e. The summed E-state index contributed by atoms with van der Waals surface area (Å²) >= 11 is 0. The summed E-state index contributed by atoms with van der Waals surface area (Å²) in [7, 11) is 0. The SMILES string of the molecule is c1ccc(Nc2noc(-c3ccnc(C4CCCC4)n3)n2)cc1. The fourth-order valence-electron chi connectivity index (χ4n) is 2.90. The molecule has 0 aliphatic heterocycles. The number of nitrogens with one attached hydrogen (secondary N) is 1. The van der Waals surface area contributed by atoms with Crippen molar-refractivity contribution >= 4 is 11.6 Å². The number of benzene rings is 1. The Balaban J connectivity index is 1.55. The van der Waals surface area contributed by atoms with Crippen molar-refractivity contribution in [2.24, 2.45) is 0 Å². The van der Waals surface area contributed by atoms with Crippen molar-refractivity contribution in [1.82, 2.24) is 20.1 Å². The summed E-state index contributed by atoms with van der Waals surface area (Å²) in [6.45, 7) is 0. The van der Waals surface area contributed by atoms with Gasteiger partial charge in [0.25, 0.3) is 11.8 Å². The summed E-state index contributed by atoms with van der Waals surface area (Å²) in [6, 6.07) is 11.5. The van der Waals surface area contributed by atoms with Gasteiger partial charge in [0, 0.05) is 17.8 Å². The molecule has 1 N–H and O–H groups in total. The van der Waals surface area contributed by atoms with E-state index in [1.54, 1.807) is 12.3 Å². The van der Waals surface area contributed by atoms with Gasteiger partial charge in [-0.1, -0.05) is 31.0 Å². The van der Waals surface area contributed by atoms with Crippen LogP contribution in [0.25, 0.3) is 11.6 Å². The number of hydrogen-bond donors (Lipinski definition) is 1. The van der Waals surface area contributed by atoms with Crippen molar-refractivity contribution in [3.8, 4) is 11.6 Å². The van der Waals surface area contributed by atoms with Crippen molar-refractivity contribution < 1.29 is 4.52 Å². The van der Waals surface area contributed by atoms with Gasteiger partial charge in [0.15, 0.2) is 0 Å². The Labute approximate surface area is 134 Å². The summed E-state index contributed by atoms with van der Waals surface area (Å²) in [6.07, 6.45) is 6.60. The van der Waals surface area contributed by atoms with Crippen molar-refractivity contribution in [3.63, 3.8) is 0 Å². The number of nitrogens with zero attached hydrogens (tertiary/aromatic N) is 4. The molecule has 1 fully saturated rings. The maximum absolute atomic E-state index is 5.33. The maximum Gasteiger partial charge on any atom is 0.278 e. The lowest BCUT2D eigenvalue weighted by molar-refractivity contribution is 0.431. The third kappa shape index (κ3) is 3.06. The van der Waals surface area contributed by atoms with Crippen molar-refractivity contribution in [2.45, 2.75) is 31.6 Å². The molecule has 6 nitrogen and oxygen atoms in total. The predicted octanol–water partition coefficient (Wildman–Crippen LogP) is 3.93. The van der Waals surface area contributed by atoms with E-state index in [0.29, 0.717) is 23.5 Å². The molecule has 1 aliphatic rings. The molecule has 2 heterocycles. The molecule has 0 radical (unpaired) electrons. The van der Waals surface area contributed by atoms with Crippen LogP contribution in [-0.2, 0) is 0 Å². The second-order valence-electron chi connectivity index (χ2n) is 5.70. The van der Waals surface area contributed by atoms with Crippen molar-refractivity contribution in [1.29, 1.82) is 0 Å². The molecule has 0 atom stereocenters. The predicted molar refractivity (Wildman–Crippen MR) is 86.3 cm³/mol. The first-order valence-electron chi connectivity index (χ1n) is 7.87. The Morgan fingerprint density at radius 1 is 1.00 bits per heavy atom. The summed E-state index contributed by atoms with van der Waals surface area (Å²) < 4.78 is 5.33. The number of aromatic nitrogens is 4. The molecule has 2 aromatic heterocycles. The van der Waals surface area contributed by atoms with E-state index < -0.39 is 0 Å². The van der Waals surface area contributed by atoms with Crippen LogP contribution in [0.2, 0.25) is 0 Å². The van der Waals surface area contributed by atoms with Gasteiger partial charge in [0.05, 0.1) is 0 Å². The minimum atomic E-state index is 0.407. The molecule has 1 saturated carbocycles. The highest BCUT2D eigenvalue weighted by molar-refractivity contribution is 5.55. The molecule has 23 heavy (non-hydrogen) atoms. The smallest absolute Gasteiger partial charge is 0.278 e. The first kappa shape index (κ1) is 13.9. The zero-order valence-electron chi connectivity index (χ0n) is 12.6. The van der Waals surface area contributed by atoms with Crippen LogP contribution in [0.15, 0.2) is 47.1 Å². The molecular weight excluding hydrogens is 290 g/mol. The molecule has 0 spiro atoms. The molecule has 1 aromatic carbocycles. The minimum absolute atomic E-state index is 0.407. The van der Waals surface area contributed by atoms with Crippen LogP contribution in [-0.4, -0.2) is 20.1 Å². The third-order valence-corrected chi connectivity index (χ3v) is 4.07. The average Bonchev–Trinajstić information content (AvgIpc) is 3.28. The first-order chi connectivity index (χ1) is 11.4. The first-order valence-corrected chi connectivity index (χ1v) is 7.87. The van der Waals surface area contributed by atoms with Crippen LogP contribution in [0.1, 0.15) is 37.4 Å². The van der Waals surface area contributed by atoms with E-state index in [-0.39, 0.29) is 0 Å². The van der Waals surface area contributed by atoms with Gasteiger partial charge in [-0.15, -0.1) is 0 Å². The fourth-order valence-corrected chi connectivity index (χ4v) is 2.90. The largest absolute Gasteiger partial charge is 0.330 e. The summed E-state index contributed by atoms with van der Waals surface area (Å²) in [5.74, 6) is 2.17. The molecule has 3 aromatic rings. The van der Waals surface area contributed by atoms with Gasteiger partial charge in [0.2, 0.25) is 0 Å². The number of anilines is 2. The lowest BCUT2D eigenvalue weighted by Gasteiger charge is -2.06. The highest BCUT2D eigenvalue weighted by atomic mass is 16.5. The van der Waals surface area contributed by atoms with E-state index in [2.05, 4.69) is 25.4 Å². The van der Waals surface area contributed by atoms with E-state index in [1.165, 1.54) is 12.8 Å². The van der Waals surface area contributed by atoms with Crippen molar-refractivity contribution in [3.05, 3.63) is 48.4 Å². The third-order valence-electron chi connectivity index (χ3n) is 4.07. The van der Waals surface area contributed by atoms with Crippen LogP contribution in [0.5, 0.6) is 0 Å². The Bertz CT molecular complexity index is 780. The lowest BCUT2D eigenvalue weighted by Crippen LogP contribution is -2.01. The summed E-state index contributed by atoms with van der Waals surface area (Å²) in [5, 5.41) is 7.06. The van der Waals surface area contributed by atoms with Crippen LogP contribution in [0.3, 0.4) is 0 Å². The summed E-state index contributed by atoms with van der Waals surface area (Å²) in [5.41, 5.74) is 1.59. The molecule has 0 saturated heterocycles. The zero-order valence-corrected chi connectivity index (χ0v) is 12.6. The standard InChI is InChI=1S/C17H17N5O/c1-2-8-13(9-3-1)19-17-21-16(23-22-17)14-10-11-18-15(20-14)12-6-4-5-7-12/h1-3,8-12H,4-7H2,(H,19,22). The van der Waals surface area contributed by atoms with Gasteiger partial charge in [0.1, 0.15) is 11.5 Å². The summed E-state index contributed by atoms with van der Waals surface area (Å²) in [4.78, 5) is 13.4. The van der Waals surface area contributed by atoms with Gasteiger partial charge in [-0.05, 0) is 36.2 Å². The Hall–Kier alpha value is -2.76. The highest BCUT2D eigenvalue weighted by Gasteiger charge is 2.21. The van der Waals surface area contributed by atoms with Gasteiger partial charge in [-0.3, -0.25) is 0 Å². The van der Waals surface area contributed by atoms with Crippen molar-refractivity contribution in [2.75, 3.05) is 5.32 Å². The number of para-hydroxylation sites is 1. The van der Waals surface area contributed by atoms with Crippen LogP contribution in [0, 0.1) is 0 Å². The van der Waals surface area contributed by atoms with E-state index in [0.717, 1.165) is 24.4 Å². The molecule has 0 unspecified atom stereocenters. The zero-order chi connectivity index (χ0) is 15.5. The van der Waals surface area contributed by atoms with Crippen LogP contribution >= 0.6 is 0 Å². The fraction of sp³-hybridized carbons (Fsp3) is 0.294. The quantitative estimate of drug-likeness (QED) is 0.787. The average molecular weight is 307 g/mol. The molecule has 0 amide bonds. The second kappa shape index (κ2) is 6.16. The second-order valence-corrected chi connectivity index (χ2v) is 5.70. The highest BCUT2D eigenvalue weighted by Crippen LogP contribution is 2.32. The van der Waals surface area contributed by atoms with E-state index in [1.807, 2.05) is 30.3 Å². The Morgan fingerprint density at radius 2 is 1.83 bits per heavy atom. The van der Waals surface area contributed by atoms with Gasteiger partial charge in [-0.2, -0.15) is 4.98 Å². The van der Waals surface area contributed by atoms with Gasteiger partial charge >= 0.3 is 0 Å². The maximum atomic E-state index is 5.33. The monoisotopic (exact) mass is 307 g/mol.